The standard InChI is InChI=1S/C16H25N3O2S/c1-21-13-16(4-7-17-8-5-16)12-19-15(20)11-22-10-14-3-2-6-18-9-14/h2-3,6,9,17H,4-5,7-8,10-13H2,1H3,(H,19,20). The Hall–Kier alpha value is -1.11. The molecule has 1 saturated heterocycles. The number of hydrogen-bond acceptors (Lipinski definition) is 5. The van der Waals surface area contributed by atoms with Gasteiger partial charge in [0.15, 0.2) is 0 Å². The first kappa shape index (κ1) is 17.2. The van der Waals surface area contributed by atoms with Crippen LogP contribution in [-0.2, 0) is 15.3 Å². The van der Waals surface area contributed by atoms with Crippen LogP contribution < -0.4 is 10.6 Å². The van der Waals surface area contributed by atoms with Crippen LogP contribution in [0.25, 0.3) is 0 Å². The lowest BCUT2D eigenvalue weighted by molar-refractivity contribution is -0.119. The fourth-order valence-electron chi connectivity index (χ4n) is 2.72. The van der Waals surface area contributed by atoms with Gasteiger partial charge in [-0.05, 0) is 37.6 Å². The van der Waals surface area contributed by atoms with E-state index in [9.17, 15) is 4.79 Å². The Kier molecular flexibility index (Phi) is 7.15. The molecule has 0 aromatic carbocycles. The van der Waals surface area contributed by atoms with Gasteiger partial charge in [-0.25, -0.2) is 0 Å². The van der Waals surface area contributed by atoms with Crippen molar-refractivity contribution in [2.45, 2.75) is 18.6 Å². The van der Waals surface area contributed by atoms with Crippen molar-refractivity contribution >= 4 is 17.7 Å². The second-order valence-electron chi connectivity index (χ2n) is 5.81. The second kappa shape index (κ2) is 9.12. The summed E-state index contributed by atoms with van der Waals surface area (Å²) in [5, 5.41) is 6.44. The molecule has 1 aromatic heterocycles. The molecule has 2 heterocycles. The number of piperidine rings is 1. The molecule has 1 aromatic rings. The van der Waals surface area contributed by atoms with Crippen molar-refractivity contribution in [1.82, 2.24) is 15.6 Å². The highest BCUT2D eigenvalue weighted by Crippen LogP contribution is 2.28. The quantitative estimate of drug-likeness (QED) is 0.758. The first-order chi connectivity index (χ1) is 10.7. The number of carbonyl (C=O) groups excluding carboxylic acids is 1. The van der Waals surface area contributed by atoms with Gasteiger partial charge in [-0.15, -0.1) is 11.8 Å². The van der Waals surface area contributed by atoms with Gasteiger partial charge in [0.25, 0.3) is 0 Å². The van der Waals surface area contributed by atoms with Crippen molar-refractivity contribution in [3.8, 4) is 0 Å². The number of pyridine rings is 1. The molecule has 0 unspecified atom stereocenters. The number of ether oxygens (including phenoxy) is 1. The zero-order valence-electron chi connectivity index (χ0n) is 13.1. The van der Waals surface area contributed by atoms with Gasteiger partial charge in [-0.3, -0.25) is 9.78 Å². The van der Waals surface area contributed by atoms with E-state index in [1.54, 1.807) is 25.1 Å². The predicted octanol–water partition coefficient (Wildman–Crippen LogP) is 1.45. The Bertz CT molecular complexity index is 444. The van der Waals surface area contributed by atoms with Crippen LogP contribution in [0.3, 0.4) is 0 Å². The maximum absolute atomic E-state index is 12.0. The van der Waals surface area contributed by atoms with Crippen molar-refractivity contribution in [3.05, 3.63) is 30.1 Å². The molecule has 1 aliphatic heterocycles. The number of thioether (sulfide) groups is 1. The number of nitrogens with zero attached hydrogens (tertiary/aromatic N) is 1. The SMILES string of the molecule is COCC1(CNC(=O)CSCc2cccnc2)CCNCC1. The van der Waals surface area contributed by atoms with Crippen molar-refractivity contribution in [1.29, 1.82) is 0 Å². The topological polar surface area (TPSA) is 63.2 Å². The molecule has 0 radical (unpaired) electrons. The summed E-state index contributed by atoms with van der Waals surface area (Å²) in [6.07, 6.45) is 5.69. The highest BCUT2D eigenvalue weighted by Gasteiger charge is 2.32. The van der Waals surface area contributed by atoms with Gasteiger partial charge >= 0.3 is 0 Å². The molecule has 0 aliphatic carbocycles. The Morgan fingerprint density at radius 2 is 2.32 bits per heavy atom. The monoisotopic (exact) mass is 323 g/mol. The number of carbonyl (C=O) groups is 1. The summed E-state index contributed by atoms with van der Waals surface area (Å²) in [4.78, 5) is 16.1. The number of amides is 1. The Morgan fingerprint density at radius 1 is 1.50 bits per heavy atom. The third-order valence-corrected chi connectivity index (χ3v) is 5.00. The van der Waals surface area contributed by atoms with Gasteiger partial charge < -0.3 is 15.4 Å². The minimum atomic E-state index is 0.0870. The highest BCUT2D eigenvalue weighted by molar-refractivity contribution is 7.99. The number of rotatable bonds is 8. The number of hydrogen-bond donors (Lipinski definition) is 2. The molecule has 0 spiro atoms. The Morgan fingerprint density at radius 3 is 3.00 bits per heavy atom. The molecular formula is C16H25N3O2S. The van der Waals surface area contributed by atoms with Crippen LogP contribution in [0.4, 0.5) is 0 Å². The van der Waals surface area contributed by atoms with E-state index >= 15 is 0 Å². The molecule has 5 nitrogen and oxygen atoms in total. The van der Waals surface area contributed by atoms with E-state index in [0.29, 0.717) is 18.9 Å². The summed E-state index contributed by atoms with van der Waals surface area (Å²) in [5.41, 5.74) is 1.23. The summed E-state index contributed by atoms with van der Waals surface area (Å²) >= 11 is 1.62. The van der Waals surface area contributed by atoms with E-state index < -0.39 is 0 Å². The maximum atomic E-state index is 12.0. The summed E-state index contributed by atoms with van der Waals surface area (Å²) < 4.78 is 5.36. The lowest BCUT2D eigenvalue weighted by Crippen LogP contribution is -2.47. The summed E-state index contributed by atoms with van der Waals surface area (Å²) in [6, 6.07) is 3.95. The van der Waals surface area contributed by atoms with Crippen LogP contribution in [0, 0.1) is 5.41 Å². The van der Waals surface area contributed by atoms with E-state index in [0.717, 1.165) is 37.2 Å². The molecule has 0 atom stereocenters. The first-order valence-electron chi connectivity index (χ1n) is 7.67. The lowest BCUT2D eigenvalue weighted by atomic mass is 9.79. The van der Waals surface area contributed by atoms with Crippen molar-refractivity contribution in [2.24, 2.45) is 5.41 Å². The third-order valence-electron chi connectivity index (χ3n) is 4.00. The largest absolute Gasteiger partial charge is 0.384 e. The molecule has 2 rings (SSSR count). The average Bonchev–Trinajstić information content (AvgIpc) is 2.55. The van der Waals surface area contributed by atoms with E-state index in [2.05, 4.69) is 15.6 Å². The van der Waals surface area contributed by atoms with Gasteiger partial charge in [0.05, 0.1) is 12.4 Å². The fraction of sp³-hybridized carbons (Fsp3) is 0.625. The fourth-order valence-corrected chi connectivity index (χ4v) is 3.51. The molecule has 0 saturated carbocycles. The van der Waals surface area contributed by atoms with Crippen LogP contribution in [0.15, 0.2) is 24.5 Å². The zero-order chi connectivity index (χ0) is 15.7. The molecule has 2 N–H and O–H groups in total. The van der Waals surface area contributed by atoms with E-state index in [1.807, 2.05) is 18.3 Å². The van der Waals surface area contributed by atoms with Gasteiger partial charge in [-0.2, -0.15) is 0 Å². The van der Waals surface area contributed by atoms with Crippen LogP contribution in [0.5, 0.6) is 0 Å². The normalized spacial score (nSPS) is 17.1. The Labute approximate surface area is 136 Å². The van der Waals surface area contributed by atoms with E-state index in [4.69, 9.17) is 4.74 Å². The smallest absolute Gasteiger partial charge is 0.230 e. The summed E-state index contributed by atoms with van der Waals surface area (Å²) in [7, 11) is 1.73. The van der Waals surface area contributed by atoms with Gasteiger partial charge in [0, 0.05) is 37.2 Å². The minimum Gasteiger partial charge on any atom is -0.384 e. The lowest BCUT2D eigenvalue weighted by Gasteiger charge is -2.37. The minimum absolute atomic E-state index is 0.0870. The first-order valence-corrected chi connectivity index (χ1v) is 8.83. The van der Waals surface area contributed by atoms with Crippen LogP contribution in [0.1, 0.15) is 18.4 Å². The molecule has 0 bridgehead atoms. The van der Waals surface area contributed by atoms with Crippen molar-refractivity contribution < 1.29 is 9.53 Å². The van der Waals surface area contributed by atoms with Crippen LogP contribution in [0.2, 0.25) is 0 Å². The summed E-state index contributed by atoms with van der Waals surface area (Å²) in [5.74, 6) is 1.40. The molecule has 1 amide bonds. The van der Waals surface area contributed by atoms with Crippen molar-refractivity contribution in [3.63, 3.8) is 0 Å². The highest BCUT2D eigenvalue weighted by atomic mass is 32.2. The molecule has 1 fully saturated rings. The van der Waals surface area contributed by atoms with Gasteiger partial charge in [0.1, 0.15) is 0 Å². The molecule has 6 heteroatoms. The zero-order valence-corrected chi connectivity index (χ0v) is 14.0. The van der Waals surface area contributed by atoms with Gasteiger partial charge in [0.2, 0.25) is 5.91 Å². The third kappa shape index (κ3) is 5.59. The van der Waals surface area contributed by atoms with E-state index in [-0.39, 0.29) is 11.3 Å². The number of methoxy groups -OCH3 is 1. The molecular weight excluding hydrogens is 298 g/mol. The van der Waals surface area contributed by atoms with Crippen molar-refractivity contribution in [2.75, 3.05) is 39.1 Å². The Balaban J connectivity index is 1.69. The average molecular weight is 323 g/mol. The number of aromatic nitrogens is 1. The summed E-state index contributed by atoms with van der Waals surface area (Å²) in [6.45, 7) is 3.40. The second-order valence-corrected chi connectivity index (χ2v) is 6.80. The number of nitrogens with one attached hydrogen (secondary N) is 2. The van der Waals surface area contributed by atoms with Gasteiger partial charge in [-0.1, -0.05) is 6.07 Å². The molecule has 1 aliphatic rings. The molecule has 22 heavy (non-hydrogen) atoms. The van der Waals surface area contributed by atoms with Crippen LogP contribution >= 0.6 is 11.8 Å². The van der Waals surface area contributed by atoms with Crippen LogP contribution in [-0.4, -0.2) is 50.0 Å². The van der Waals surface area contributed by atoms with E-state index in [1.165, 1.54) is 0 Å². The maximum Gasteiger partial charge on any atom is 0.230 e. The predicted molar refractivity (Wildman–Crippen MR) is 89.8 cm³/mol. The molecule has 122 valence electrons.